The zero-order chi connectivity index (χ0) is 9.84. The molecule has 5 heteroatoms. The molecule has 0 aromatic rings. The van der Waals surface area contributed by atoms with Gasteiger partial charge >= 0.3 is 5.97 Å². The number of thiocarbonyl (C=S) groups is 1. The van der Waals surface area contributed by atoms with Gasteiger partial charge in [-0.3, -0.25) is 9.69 Å². The van der Waals surface area contributed by atoms with Crippen molar-refractivity contribution < 1.29 is 9.90 Å². The highest BCUT2D eigenvalue weighted by Crippen LogP contribution is 2.04. The van der Waals surface area contributed by atoms with Gasteiger partial charge in [-0.25, -0.2) is 0 Å². The molecule has 0 aromatic heterocycles. The minimum Gasteiger partial charge on any atom is -0.480 e. The summed E-state index contributed by atoms with van der Waals surface area (Å²) in [7, 11) is 1.80. The molecule has 1 heterocycles. The SMILES string of the molecule is CN(CC(=O)O)CC1CC(=S)CN1. The van der Waals surface area contributed by atoms with Gasteiger partial charge in [0.2, 0.25) is 0 Å². The second kappa shape index (κ2) is 4.64. The average molecular weight is 202 g/mol. The van der Waals surface area contributed by atoms with Crippen LogP contribution >= 0.6 is 12.2 Å². The fourth-order valence-electron chi connectivity index (χ4n) is 1.48. The Kier molecular flexibility index (Phi) is 3.77. The quantitative estimate of drug-likeness (QED) is 0.615. The first kappa shape index (κ1) is 10.6. The summed E-state index contributed by atoms with van der Waals surface area (Å²) in [5.74, 6) is -0.789. The summed E-state index contributed by atoms with van der Waals surface area (Å²) < 4.78 is 0. The largest absolute Gasteiger partial charge is 0.480 e. The summed E-state index contributed by atoms with van der Waals surface area (Å²) in [6, 6.07) is 0.330. The summed E-state index contributed by atoms with van der Waals surface area (Å²) in [5, 5.41) is 11.8. The van der Waals surface area contributed by atoms with E-state index in [4.69, 9.17) is 17.3 Å². The minimum atomic E-state index is -0.789. The molecule has 0 aliphatic carbocycles. The van der Waals surface area contributed by atoms with Crippen LogP contribution in [0.4, 0.5) is 0 Å². The molecular weight excluding hydrogens is 188 g/mol. The van der Waals surface area contributed by atoms with E-state index in [1.807, 2.05) is 0 Å². The Balaban J connectivity index is 2.24. The second-order valence-corrected chi connectivity index (χ2v) is 3.99. The zero-order valence-electron chi connectivity index (χ0n) is 7.62. The van der Waals surface area contributed by atoms with E-state index in [0.29, 0.717) is 6.04 Å². The monoisotopic (exact) mass is 202 g/mol. The number of carboxylic acids is 1. The van der Waals surface area contributed by atoms with Gasteiger partial charge in [0, 0.05) is 24.0 Å². The molecular formula is C8H14N2O2S. The van der Waals surface area contributed by atoms with Crippen LogP contribution in [-0.4, -0.2) is 53.6 Å². The number of carbonyl (C=O) groups is 1. The lowest BCUT2D eigenvalue weighted by atomic mass is 10.2. The van der Waals surface area contributed by atoms with Crippen molar-refractivity contribution >= 4 is 23.1 Å². The third-order valence-electron chi connectivity index (χ3n) is 2.00. The van der Waals surface area contributed by atoms with Crippen LogP contribution in [0.3, 0.4) is 0 Å². The Hall–Kier alpha value is -0.520. The van der Waals surface area contributed by atoms with E-state index in [1.54, 1.807) is 11.9 Å². The molecule has 2 N–H and O–H groups in total. The number of carboxylic acid groups (broad SMARTS) is 1. The normalized spacial score (nSPS) is 22.6. The highest BCUT2D eigenvalue weighted by molar-refractivity contribution is 7.80. The molecule has 1 saturated heterocycles. The van der Waals surface area contributed by atoms with Crippen molar-refractivity contribution in [3.63, 3.8) is 0 Å². The smallest absolute Gasteiger partial charge is 0.317 e. The molecule has 1 aliphatic rings. The maximum atomic E-state index is 10.4. The van der Waals surface area contributed by atoms with Crippen molar-refractivity contribution in [2.75, 3.05) is 26.7 Å². The van der Waals surface area contributed by atoms with Crippen LogP contribution in [0.15, 0.2) is 0 Å². The van der Waals surface area contributed by atoms with Crippen molar-refractivity contribution in [2.45, 2.75) is 12.5 Å². The number of hydrogen-bond donors (Lipinski definition) is 2. The Labute approximate surface area is 82.9 Å². The van der Waals surface area contributed by atoms with Gasteiger partial charge in [0.05, 0.1) is 6.54 Å². The molecule has 74 valence electrons. The van der Waals surface area contributed by atoms with Crippen molar-refractivity contribution in [3.8, 4) is 0 Å². The van der Waals surface area contributed by atoms with Gasteiger partial charge in [-0.15, -0.1) is 0 Å². The van der Waals surface area contributed by atoms with Crippen LogP contribution < -0.4 is 5.32 Å². The van der Waals surface area contributed by atoms with E-state index >= 15 is 0 Å². The van der Waals surface area contributed by atoms with E-state index in [-0.39, 0.29) is 6.54 Å². The van der Waals surface area contributed by atoms with Crippen molar-refractivity contribution in [1.29, 1.82) is 0 Å². The number of hydrogen-bond acceptors (Lipinski definition) is 4. The van der Waals surface area contributed by atoms with Gasteiger partial charge < -0.3 is 10.4 Å². The molecule has 0 bridgehead atoms. The first-order valence-electron chi connectivity index (χ1n) is 4.23. The Morgan fingerprint density at radius 2 is 2.54 bits per heavy atom. The van der Waals surface area contributed by atoms with Crippen LogP contribution in [0.2, 0.25) is 0 Å². The number of likely N-dealkylation sites (N-methyl/N-ethyl adjacent to an activating group) is 1. The summed E-state index contributed by atoms with van der Waals surface area (Å²) >= 11 is 5.04. The topological polar surface area (TPSA) is 52.6 Å². The summed E-state index contributed by atoms with van der Waals surface area (Å²) in [5.41, 5.74) is 0. The third-order valence-corrected chi connectivity index (χ3v) is 2.31. The second-order valence-electron chi connectivity index (χ2n) is 3.41. The highest BCUT2D eigenvalue weighted by Gasteiger charge is 2.20. The van der Waals surface area contributed by atoms with E-state index in [2.05, 4.69) is 5.32 Å². The number of rotatable bonds is 4. The zero-order valence-corrected chi connectivity index (χ0v) is 8.43. The fourth-order valence-corrected chi connectivity index (χ4v) is 1.76. The molecule has 1 aliphatic heterocycles. The molecule has 1 unspecified atom stereocenters. The predicted octanol–water partition coefficient (Wildman–Crippen LogP) is -0.265. The van der Waals surface area contributed by atoms with Gasteiger partial charge in [-0.05, 0) is 13.5 Å². The van der Waals surface area contributed by atoms with Crippen LogP contribution in [0.25, 0.3) is 0 Å². The molecule has 0 amide bonds. The Morgan fingerprint density at radius 3 is 3.00 bits per heavy atom. The predicted molar refractivity (Wildman–Crippen MR) is 54.1 cm³/mol. The van der Waals surface area contributed by atoms with Crippen LogP contribution in [0, 0.1) is 0 Å². The molecule has 0 radical (unpaired) electrons. The number of nitrogens with one attached hydrogen (secondary N) is 1. The van der Waals surface area contributed by atoms with Crippen LogP contribution in [0.5, 0.6) is 0 Å². The Morgan fingerprint density at radius 1 is 1.85 bits per heavy atom. The maximum Gasteiger partial charge on any atom is 0.317 e. The standard InChI is InChI=1S/C8H14N2O2S/c1-10(5-8(11)12)4-6-2-7(13)3-9-6/h6,9H,2-5H2,1H3,(H,11,12). The summed E-state index contributed by atoms with van der Waals surface area (Å²) in [6.07, 6.45) is 0.888. The first-order chi connectivity index (χ1) is 6.08. The van der Waals surface area contributed by atoms with Gasteiger partial charge in [0.15, 0.2) is 0 Å². The summed E-state index contributed by atoms with van der Waals surface area (Å²) in [4.78, 5) is 13.2. The van der Waals surface area contributed by atoms with Crippen molar-refractivity contribution in [2.24, 2.45) is 0 Å². The van der Waals surface area contributed by atoms with Gasteiger partial charge in [-0.2, -0.15) is 0 Å². The minimum absolute atomic E-state index is 0.0882. The van der Waals surface area contributed by atoms with E-state index < -0.39 is 5.97 Å². The van der Waals surface area contributed by atoms with Crippen molar-refractivity contribution in [3.05, 3.63) is 0 Å². The van der Waals surface area contributed by atoms with E-state index in [1.165, 1.54) is 0 Å². The first-order valence-corrected chi connectivity index (χ1v) is 4.64. The molecule has 0 aromatic carbocycles. The lowest BCUT2D eigenvalue weighted by molar-refractivity contribution is -0.138. The number of aliphatic carboxylic acids is 1. The lowest BCUT2D eigenvalue weighted by Crippen LogP contribution is -2.37. The molecule has 1 rings (SSSR count). The lowest BCUT2D eigenvalue weighted by Gasteiger charge is -2.18. The van der Waals surface area contributed by atoms with Gasteiger partial charge in [0.1, 0.15) is 0 Å². The average Bonchev–Trinajstić information content (AvgIpc) is 2.33. The van der Waals surface area contributed by atoms with Gasteiger partial charge in [-0.1, -0.05) is 12.2 Å². The van der Waals surface area contributed by atoms with Crippen LogP contribution in [-0.2, 0) is 4.79 Å². The molecule has 13 heavy (non-hydrogen) atoms. The molecule has 1 atom stereocenters. The molecule has 4 nitrogen and oxygen atoms in total. The maximum absolute atomic E-state index is 10.4. The highest BCUT2D eigenvalue weighted by atomic mass is 32.1. The Bertz CT molecular complexity index is 220. The number of nitrogens with zero attached hydrogens (tertiary/aromatic N) is 1. The molecule has 0 spiro atoms. The van der Waals surface area contributed by atoms with E-state index in [0.717, 1.165) is 24.4 Å². The fraction of sp³-hybridized carbons (Fsp3) is 0.750. The summed E-state index contributed by atoms with van der Waals surface area (Å²) in [6.45, 7) is 1.62. The van der Waals surface area contributed by atoms with Gasteiger partial charge in [0.25, 0.3) is 0 Å². The van der Waals surface area contributed by atoms with E-state index in [9.17, 15) is 4.79 Å². The van der Waals surface area contributed by atoms with Crippen molar-refractivity contribution in [1.82, 2.24) is 10.2 Å². The molecule has 1 fully saturated rings. The molecule has 0 saturated carbocycles. The third kappa shape index (κ3) is 3.80. The van der Waals surface area contributed by atoms with Crippen LogP contribution in [0.1, 0.15) is 6.42 Å².